The molecule has 6 nitrogen and oxygen atoms in total. The van der Waals surface area contributed by atoms with Gasteiger partial charge in [0.1, 0.15) is 0 Å². The molecule has 2 aromatic rings. The van der Waals surface area contributed by atoms with Crippen molar-refractivity contribution >= 4 is 23.6 Å². The summed E-state index contributed by atoms with van der Waals surface area (Å²) in [6.07, 6.45) is 8.58. The lowest BCUT2D eigenvalue weighted by atomic mass is 9.76. The number of hydrogen-bond acceptors (Lipinski definition) is 4. The maximum absolute atomic E-state index is 13.7. The van der Waals surface area contributed by atoms with Gasteiger partial charge in [-0.05, 0) is 98.2 Å². The monoisotopic (exact) mass is 536 g/mol. The lowest BCUT2D eigenvalue weighted by Crippen LogP contribution is -2.54. The Morgan fingerprint density at radius 2 is 1.79 bits per heavy atom. The summed E-state index contributed by atoms with van der Waals surface area (Å²) in [6, 6.07) is 11.0. The van der Waals surface area contributed by atoms with Gasteiger partial charge < -0.3 is 21.3 Å². The molecule has 5 rings (SSSR count). The fourth-order valence-electron chi connectivity index (χ4n) is 6.70. The number of fused-ring (bicyclic) bond motifs is 1. The van der Waals surface area contributed by atoms with Gasteiger partial charge >= 0.3 is 0 Å². The molecule has 8 heteroatoms. The van der Waals surface area contributed by atoms with Crippen molar-refractivity contribution < 1.29 is 18.4 Å². The zero-order chi connectivity index (χ0) is 27.5. The molecule has 2 atom stereocenters. The van der Waals surface area contributed by atoms with Gasteiger partial charge in [-0.3, -0.25) is 9.59 Å². The first-order chi connectivity index (χ1) is 18.8. The van der Waals surface area contributed by atoms with E-state index in [-0.39, 0.29) is 29.3 Å². The van der Waals surface area contributed by atoms with Crippen LogP contribution in [-0.2, 0) is 9.59 Å². The summed E-state index contributed by atoms with van der Waals surface area (Å²) in [7, 11) is 0. The van der Waals surface area contributed by atoms with E-state index < -0.39 is 17.7 Å². The summed E-state index contributed by atoms with van der Waals surface area (Å²) >= 11 is 0. The van der Waals surface area contributed by atoms with Crippen molar-refractivity contribution in [1.29, 1.82) is 0 Å². The first-order valence-electron chi connectivity index (χ1n) is 14.1. The van der Waals surface area contributed by atoms with Crippen LogP contribution in [0.2, 0.25) is 0 Å². The SMILES string of the molecule is Cc1cc(/C=C/C(=O)N2CCC(C(NC3CCC(C4CNc5ccccc54)CC3)C(N)=O)CC2)cc(F)c1F. The van der Waals surface area contributed by atoms with E-state index in [0.717, 1.165) is 38.3 Å². The van der Waals surface area contributed by atoms with Crippen LogP contribution in [0.4, 0.5) is 14.5 Å². The fourth-order valence-corrected chi connectivity index (χ4v) is 6.70. The highest BCUT2D eigenvalue weighted by Crippen LogP contribution is 2.42. The van der Waals surface area contributed by atoms with E-state index in [1.165, 1.54) is 36.4 Å². The van der Waals surface area contributed by atoms with E-state index in [0.29, 0.717) is 43.3 Å². The average Bonchev–Trinajstić information content (AvgIpc) is 3.38. The highest BCUT2D eigenvalue weighted by Gasteiger charge is 2.36. The van der Waals surface area contributed by atoms with Crippen LogP contribution in [0.1, 0.15) is 61.1 Å². The Labute approximate surface area is 229 Å². The Balaban J connectivity index is 1.11. The molecule has 0 bridgehead atoms. The lowest BCUT2D eigenvalue weighted by molar-refractivity contribution is -0.128. The second kappa shape index (κ2) is 11.9. The second-order valence-corrected chi connectivity index (χ2v) is 11.4. The van der Waals surface area contributed by atoms with Crippen LogP contribution >= 0.6 is 0 Å². The van der Waals surface area contributed by atoms with Gasteiger partial charge in [-0.15, -0.1) is 0 Å². The number of piperidine rings is 1. The molecule has 1 aliphatic carbocycles. The highest BCUT2D eigenvalue weighted by molar-refractivity contribution is 5.92. The fraction of sp³-hybridized carbons (Fsp3) is 0.484. The molecule has 2 amide bonds. The van der Waals surface area contributed by atoms with Crippen LogP contribution in [0.15, 0.2) is 42.5 Å². The van der Waals surface area contributed by atoms with Crippen LogP contribution in [-0.4, -0.2) is 48.4 Å². The summed E-state index contributed by atoms with van der Waals surface area (Å²) in [5.74, 6) is -1.04. The van der Waals surface area contributed by atoms with E-state index in [2.05, 4.69) is 34.9 Å². The van der Waals surface area contributed by atoms with Gasteiger partial charge in [0, 0.05) is 43.4 Å². The van der Waals surface area contributed by atoms with Crippen LogP contribution < -0.4 is 16.4 Å². The number of para-hydroxylation sites is 1. The van der Waals surface area contributed by atoms with Crippen LogP contribution in [0.25, 0.3) is 6.08 Å². The summed E-state index contributed by atoms with van der Waals surface area (Å²) in [5, 5.41) is 7.13. The van der Waals surface area contributed by atoms with Crippen LogP contribution in [0.3, 0.4) is 0 Å². The Morgan fingerprint density at radius 3 is 2.49 bits per heavy atom. The van der Waals surface area contributed by atoms with Crippen molar-refractivity contribution in [2.24, 2.45) is 17.6 Å². The number of nitrogens with two attached hydrogens (primary N) is 1. The van der Waals surface area contributed by atoms with E-state index in [1.54, 1.807) is 4.90 Å². The number of nitrogens with one attached hydrogen (secondary N) is 2. The minimum absolute atomic E-state index is 0.0769. The number of anilines is 1. The first-order valence-corrected chi connectivity index (χ1v) is 14.1. The maximum atomic E-state index is 13.7. The zero-order valence-electron chi connectivity index (χ0n) is 22.5. The minimum Gasteiger partial charge on any atom is -0.384 e. The van der Waals surface area contributed by atoms with Gasteiger partial charge in [-0.2, -0.15) is 0 Å². The van der Waals surface area contributed by atoms with Gasteiger partial charge in [0.2, 0.25) is 11.8 Å². The number of hydrogen-bond donors (Lipinski definition) is 3. The molecule has 2 aliphatic heterocycles. The Morgan fingerprint density at radius 1 is 1.08 bits per heavy atom. The molecule has 3 aliphatic rings. The molecule has 2 aromatic carbocycles. The molecule has 2 fully saturated rings. The van der Waals surface area contributed by atoms with Gasteiger partial charge in [0.25, 0.3) is 0 Å². The molecule has 1 saturated carbocycles. The van der Waals surface area contributed by atoms with E-state index >= 15 is 0 Å². The number of primary amides is 1. The van der Waals surface area contributed by atoms with Gasteiger partial charge in [-0.1, -0.05) is 18.2 Å². The third-order valence-corrected chi connectivity index (χ3v) is 8.91. The molecule has 2 unspecified atom stereocenters. The standard InChI is InChI=1S/C31H38F2N4O2/c1-19-16-20(17-26(32)29(19)33)6-11-28(38)37-14-12-22(13-15-37)30(31(34)39)36-23-9-7-21(8-10-23)25-18-35-27-5-3-2-4-24(25)27/h2-6,11,16-17,21-23,25,30,35-36H,7-10,12-15,18H2,1H3,(H2,34,39)/b11-6+. The largest absolute Gasteiger partial charge is 0.384 e. The van der Waals surface area contributed by atoms with Crippen LogP contribution in [0, 0.1) is 30.4 Å². The van der Waals surface area contributed by atoms with Crippen molar-refractivity contribution in [1.82, 2.24) is 10.2 Å². The van der Waals surface area contributed by atoms with Gasteiger partial charge in [0.05, 0.1) is 6.04 Å². The summed E-state index contributed by atoms with van der Waals surface area (Å²) in [6.45, 7) is 3.54. The quantitative estimate of drug-likeness (QED) is 0.447. The number of nitrogens with zero attached hydrogens (tertiary/aromatic N) is 1. The van der Waals surface area contributed by atoms with Crippen LogP contribution in [0.5, 0.6) is 0 Å². The lowest BCUT2D eigenvalue weighted by Gasteiger charge is -2.38. The first kappa shape index (κ1) is 27.3. The predicted octanol–water partition coefficient (Wildman–Crippen LogP) is 4.74. The third kappa shape index (κ3) is 6.16. The summed E-state index contributed by atoms with van der Waals surface area (Å²) in [5.41, 5.74) is 9.18. The number of carbonyl (C=O) groups excluding carboxylic acids is 2. The Bertz CT molecular complexity index is 1210. The van der Waals surface area contributed by atoms with E-state index in [1.807, 2.05) is 0 Å². The number of likely N-dealkylation sites (tertiary alicyclic amines) is 1. The average molecular weight is 537 g/mol. The van der Waals surface area contributed by atoms with E-state index in [4.69, 9.17) is 5.73 Å². The van der Waals surface area contributed by atoms with Gasteiger partial charge in [-0.25, -0.2) is 8.78 Å². The van der Waals surface area contributed by atoms with Gasteiger partial charge in [0.15, 0.2) is 11.6 Å². The van der Waals surface area contributed by atoms with Crippen molar-refractivity contribution in [3.8, 4) is 0 Å². The normalized spacial score (nSPS) is 24.4. The molecule has 2 heterocycles. The Hall–Kier alpha value is -3.26. The number of rotatable bonds is 7. The van der Waals surface area contributed by atoms with Crippen molar-refractivity contribution in [3.63, 3.8) is 0 Å². The molecule has 0 spiro atoms. The predicted molar refractivity (Wildman–Crippen MR) is 149 cm³/mol. The third-order valence-electron chi connectivity index (χ3n) is 8.91. The molecular formula is C31H38F2N4O2. The number of amides is 2. The minimum atomic E-state index is -0.928. The number of benzene rings is 2. The topological polar surface area (TPSA) is 87.5 Å². The molecule has 0 radical (unpaired) electrons. The smallest absolute Gasteiger partial charge is 0.246 e. The zero-order valence-corrected chi connectivity index (χ0v) is 22.5. The van der Waals surface area contributed by atoms with Crippen molar-refractivity contribution in [3.05, 3.63) is 70.8 Å². The number of halogens is 2. The molecule has 1 saturated heterocycles. The Kier molecular flexibility index (Phi) is 8.31. The maximum Gasteiger partial charge on any atom is 0.246 e. The molecule has 208 valence electrons. The van der Waals surface area contributed by atoms with E-state index in [9.17, 15) is 18.4 Å². The highest BCUT2D eigenvalue weighted by atomic mass is 19.2. The second-order valence-electron chi connectivity index (χ2n) is 11.4. The summed E-state index contributed by atoms with van der Waals surface area (Å²) < 4.78 is 27.2. The number of aryl methyl sites for hydroxylation is 1. The molecule has 0 aromatic heterocycles. The molecule has 4 N–H and O–H groups in total. The van der Waals surface area contributed by atoms with Crippen molar-refractivity contribution in [2.45, 2.75) is 63.5 Å². The molecular weight excluding hydrogens is 498 g/mol. The number of carbonyl (C=O) groups is 2. The summed E-state index contributed by atoms with van der Waals surface area (Å²) in [4.78, 5) is 26.9. The van der Waals surface area contributed by atoms with Crippen molar-refractivity contribution in [2.75, 3.05) is 25.0 Å². The molecule has 39 heavy (non-hydrogen) atoms.